The summed E-state index contributed by atoms with van der Waals surface area (Å²) >= 11 is 15.9. The molecule has 7 heteroatoms. The Balaban J connectivity index is 1.22. The topological polar surface area (TPSA) is 0 Å². The molecule has 11 aromatic rings. The van der Waals surface area contributed by atoms with E-state index in [1.165, 1.54) is 136 Å². The molecule has 0 aromatic heterocycles. The lowest BCUT2D eigenvalue weighted by molar-refractivity contribution is 1.54. The number of hydrogen-bond donors (Lipinski definition) is 0. The Kier molecular flexibility index (Phi) is 8.04. The maximum Gasteiger partial charge on any atom is 0.244 e. The van der Waals surface area contributed by atoms with Gasteiger partial charge in [-0.1, -0.05) is 224 Å². The maximum absolute atomic E-state index is 4.09. The van der Waals surface area contributed by atoms with Crippen LogP contribution in [0.1, 0.15) is 5.56 Å². The van der Waals surface area contributed by atoms with E-state index < -0.39 is 8.07 Å². The van der Waals surface area contributed by atoms with Gasteiger partial charge in [-0.2, -0.15) is 0 Å². The van der Waals surface area contributed by atoms with E-state index >= 15 is 0 Å². The molecule has 0 bridgehead atoms. The zero-order valence-corrected chi connectivity index (χ0v) is 42.8. The molecular formula is C59H32B2Br4Si. The van der Waals surface area contributed by atoms with Crippen molar-refractivity contribution in [3.63, 3.8) is 0 Å². The summed E-state index contributed by atoms with van der Waals surface area (Å²) in [5, 5.41) is 13.9. The predicted molar refractivity (Wildman–Crippen MR) is 300 cm³/mol. The van der Waals surface area contributed by atoms with Crippen LogP contribution < -0.4 is 53.5 Å². The average molecular weight is 1110 g/mol. The molecule has 0 atom stereocenters. The van der Waals surface area contributed by atoms with Crippen LogP contribution in [0.5, 0.6) is 0 Å². The van der Waals surface area contributed by atoms with Crippen LogP contribution in [0, 0.1) is 6.92 Å². The molecule has 0 saturated heterocycles. The maximum atomic E-state index is 4.09. The number of fused-ring (bicyclic) bond motifs is 10. The lowest BCUT2D eigenvalue weighted by Gasteiger charge is -2.38. The Morgan fingerprint density at radius 2 is 0.727 bits per heavy atom. The Bertz CT molecular complexity index is 3900. The molecule has 0 unspecified atom stereocenters. The quantitative estimate of drug-likeness (QED) is 0.0936. The second kappa shape index (κ2) is 13.7. The third kappa shape index (κ3) is 4.86. The minimum Gasteiger partial charge on any atom is -0.0652 e. The Morgan fingerprint density at radius 3 is 1.20 bits per heavy atom. The van der Waals surface area contributed by atoms with Crippen LogP contribution in [0.15, 0.2) is 194 Å². The van der Waals surface area contributed by atoms with Crippen LogP contribution in [-0.2, 0) is 0 Å². The number of rotatable bonds is 4. The van der Waals surface area contributed by atoms with E-state index in [1.807, 2.05) is 0 Å². The predicted octanol–water partition coefficient (Wildman–Crippen LogP) is 10.3. The van der Waals surface area contributed by atoms with Crippen LogP contribution in [0.3, 0.4) is 0 Å². The van der Waals surface area contributed by atoms with E-state index in [4.69, 9.17) is 0 Å². The van der Waals surface area contributed by atoms with Gasteiger partial charge in [0.05, 0.1) is 0 Å². The van der Waals surface area contributed by atoms with Gasteiger partial charge in [0.1, 0.15) is 0 Å². The van der Waals surface area contributed by atoms with Gasteiger partial charge < -0.3 is 0 Å². The first-order valence-corrected chi connectivity index (χ1v) is 27.7. The van der Waals surface area contributed by atoms with Gasteiger partial charge >= 0.3 is 0 Å². The fraction of sp³-hybridized carbons (Fsp3) is 0.0169. The van der Waals surface area contributed by atoms with Crippen LogP contribution in [0.25, 0.3) is 76.8 Å². The number of hydrogen-bond acceptors (Lipinski definition) is 0. The fourth-order valence-electron chi connectivity index (χ4n) is 13.4. The highest BCUT2D eigenvalue weighted by Crippen LogP contribution is 2.48. The number of halogens is 4. The van der Waals surface area contributed by atoms with Gasteiger partial charge in [0.25, 0.3) is 0 Å². The molecule has 0 saturated carbocycles. The molecule has 0 aliphatic carbocycles. The summed E-state index contributed by atoms with van der Waals surface area (Å²) in [5.74, 6) is 0. The van der Waals surface area contributed by atoms with Crippen LogP contribution in [-0.4, -0.2) is 21.5 Å². The van der Waals surface area contributed by atoms with E-state index in [-0.39, 0.29) is 13.4 Å². The van der Waals surface area contributed by atoms with E-state index in [0.29, 0.717) is 0 Å². The molecule has 15 rings (SSSR count). The zero-order valence-electron chi connectivity index (χ0n) is 35.4. The Morgan fingerprint density at radius 1 is 0.333 bits per heavy atom. The summed E-state index contributed by atoms with van der Waals surface area (Å²) < 4.78 is 4.43. The molecule has 0 spiro atoms. The molecule has 0 N–H and O–H groups in total. The van der Waals surface area contributed by atoms with Crippen molar-refractivity contribution < 1.29 is 0 Å². The molecule has 4 heterocycles. The first kappa shape index (κ1) is 38.8. The lowest BCUT2D eigenvalue weighted by atomic mass is 9.34. The van der Waals surface area contributed by atoms with E-state index in [2.05, 4.69) is 247 Å². The van der Waals surface area contributed by atoms with Crippen LogP contribution in [0.4, 0.5) is 0 Å². The Hall–Kier alpha value is -5.27. The highest BCUT2D eigenvalue weighted by atomic mass is 79.9. The van der Waals surface area contributed by atoms with Crippen molar-refractivity contribution in [3.8, 4) is 44.5 Å². The highest BCUT2D eigenvalue weighted by molar-refractivity contribution is 9.11. The van der Waals surface area contributed by atoms with Crippen LogP contribution >= 0.6 is 63.7 Å². The minimum atomic E-state index is -3.11. The largest absolute Gasteiger partial charge is 0.244 e. The standard InChI is InChI=1S/C59H32B2Br4Si/c1-31-21-42-46-26-34(64)24-44-40-22-33(63)18-20-50(40)61(58(44)46)52-29-48-53(66(36-11-5-2-6-12-36,37-13-7-3-8-14-37)38-15-9-4-10-16-38)30-43-47-27-35(65)25-45-41-23-32(62)17-19-49(41)60(59(45)47)51-28-39(31)56(54(42)52)57(48)55(43)51/h2-30H,1H3. The lowest BCUT2D eigenvalue weighted by Crippen LogP contribution is -2.75. The first-order chi connectivity index (χ1) is 32.3. The SMILES string of the molecule is Cc1cc2c3c(cc4c([Si](c5ccccc5)(c5ccccc5)c5ccccc5)cc5c6c(cc1c3c46)B1c3ccc(Br)cc3-c3cc(Br)cc-5c31)B1c3ccc(Br)cc3-c3cc(Br)cc-2c31. The van der Waals surface area contributed by atoms with E-state index in [9.17, 15) is 0 Å². The van der Waals surface area contributed by atoms with Gasteiger partial charge in [0, 0.05) is 17.9 Å². The second-order valence-corrected chi connectivity index (χ2v) is 26.2. The van der Waals surface area contributed by atoms with Crippen molar-refractivity contribution in [1.82, 2.24) is 0 Å². The highest BCUT2D eigenvalue weighted by Gasteiger charge is 2.48. The van der Waals surface area contributed by atoms with Gasteiger partial charge in [-0.05, 0) is 159 Å². The van der Waals surface area contributed by atoms with Crippen molar-refractivity contribution in [3.05, 3.63) is 199 Å². The molecule has 11 aromatic carbocycles. The smallest absolute Gasteiger partial charge is 0.0652 e. The zero-order chi connectivity index (χ0) is 43.9. The number of aryl methyl sites for hydroxylation is 1. The van der Waals surface area contributed by atoms with Gasteiger partial charge in [-0.25, -0.2) is 0 Å². The molecule has 0 fully saturated rings. The number of benzene rings is 11. The van der Waals surface area contributed by atoms with Gasteiger partial charge in [0.2, 0.25) is 13.4 Å². The van der Waals surface area contributed by atoms with Gasteiger partial charge in [-0.3, -0.25) is 0 Å². The summed E-state index contributed by atoms with van der Waals surface area (Å²) in [6.45, 7) is 2.57. The monoisotopic (exact) mass is 1110 g/mol. The van der Waals surface area contributed by atoms with Crippen molar-refractivity contribution in [2.75, 3.05) is 0 Å². The molecule has 4 aliphatic heterocycles. The molecule has 66 heavy (non-hydrogen) atoms. The van der Waals surface area contributed by atoms with Gasteiger partial charge in [0.15, 0.2) is 8.07 Å². The minimum absolute atomic E-state index is 0.0913. The molecular weight excluding hydrogens is 1080 g/mol. The summed E-state index contributed by atoms with van der Waals surface area (Å²) in [6, 6.07) is 68.6. The fourth-order valence-corrected chi connectivity index (χ4v) is 20.0. The van der Waals surface area contributed by atoms with Crippen LogP contribution in [0.2, 0.25) is 0 Å². The van der Waals surface area contributed by atoms with Crippen molar-refractivity contribution in [2.24, 2.45) is 0 Å². The molecule has 306 valence electrons. The van der Waals surface area contributed by atoms with Crippen molar-refractivity contribution >= 4 is 171 Å². The summed E-state index contributed by atoms with van der Waals surface area (Å²) in [5.41, 5.74) is 20.4. The van der Waals surface area contributed by atoms with E-state index in [0.717, 1.165) is 17.9 Å². The second-order valence-electron chi connectivity index (χ2n) is 18.7. The normalized spacial score (nSPS) is 13.5. The molecule has 0 radical (unpaired) electrons. The molecule has 0 nitrogen and oxygen atoms in total. The summed E-state index contributed by atoms with van der Waals surface area (Å²) in [6.07, 6.45) is 0. The first-order valence-electron chi connectivity index (χ1n) is 22.6. The van der Waals surface area contributed by atoms with Gasteiger partial charge in [-0.15, -0.1) is 0 Å². The van der Waals surface area contributed by atoms with E-state index in [1.54, 1.807) is 0 Å². The molecule has 4 aliphatic rings. The van der Waals surface area contributed by atoms with Crippen molar-refractivity contribution in [1.29, 1.82) is 0 Å². The average Bonchev–Trinajstić information content (AvgIpc) is 3.83. The van der Waals surface area contributed by atoms with Crippen molar-refractivity contribution in [2.45, 2.75) is 6.92 Å². The summed E-state index contributed by atoms with van der Waals surface area (Å²) in [7, 11) is -3.11. The Labute approximate surface area is 418 Å². The third-order valence-corrected chi connectivity index (χ3v) is 22.4. The summed E-state index contributed by atoms with van der Waals surface area (Å²) in [4.78, 5) is 0. The third-order valence-electron chi connectivity index (χ3n) is 15.7. The molecule has 0 amide bonds.